The molecular formula is C12H10ClN3O. The molecule has 0 unspecified atom stereocenters. The van der Waals surface area contributed by atoms with E-state index in [1.807, 2.05) is 6.92 Å². The minimum atomic E-state index is -0.195. The molecule has 4 nitrogen and oxygen atoms in total. The third-order valence-corrected chi connectivity index (χ3v) is 2.37. The fourth-order valence-corrected chi connectivity index (χ4v) is 1.45. The summed E-state index contributed by atoms with van der Waals surface area (Å²) in [6.07, 6.45) is 3.11. The van der Waals surface area contributed by atoms with Gasteiger partial charge in [-0.25, -0.2) is 4.98 Å². The lowest BCUT2D eigenvalue weighted by atomic mass is 10.2. The number of hydrogen-bond acceptors (Lipinski definition) is 3. The van der Waals surface area contributed by atoms with Gasteiger partial charge in [0.25, 0.3) is 5.91 Å². The standard InChI is InChI=1S/C12H10ClN3O/c1-8-6-9(4-5-14-8)12(17)16-10-2-3-11(13)15-7-10/h2-7H,1H3,(H,16,17). The first kappa shape index (κ1) is 11.5. The average molecular weight is 248 g/mol. The summed E-state index contributed by atoms with van der Waals surface area (Å²) in [5.74, 6) is -0.195. The number of nitrogens with zero attached hydrogens (tertiary/aromatic N) is 2. The van der Waals surface area contributed by atoms with E-state index in [9.17, 15) is 4.79 Å². The minimum absolute atomic E-state index is 0.195. The smallest absolute Gasteiger partial charge is 0.255 e. The molecule has 0 aliphatic rings. The Bertz CT molecular complexity index is 540. The van der Waals surface area contributed by atoms with Crippen LogP contribution < -0.4 is 5.32 Å². The van der Waals surface area contributed by atoms with Crippen LogP contribution in [0.5, 0.6) is 0 Å². The van der Waals surface area contributed by atoms with E-state index in [4.69, 9.17) is 11.6 Å². The largest absolute Gasteiger partial charge is 0.321 e. The van der Waals surface area contributed by atoms with Crippen LogP contribution in [0.1, 0.15) is 16.1 Å². The van der Waals surface area contributed by atoms with Crippen molar-refractivity contribution in [1.29, 1.82) is 0 Å². The van der Waals surface area contributed by atoms with E-state index in [2.05, 4.69) is 15.3 Å². The van der Waals surface area contributed by atoms with Crippen molar-refractivity contribution in [1.82, 2.24) is 9.97 Å². The molecule has 0 saturated carbocycles. The number of anilines is 1. The number of halogens is 1. The molecule has 0 saturated heterocycles. The monoisotopic (exact) mass is 247 g/mol. The number of aryl methyl sites for hydroxylation is 1. The Hall–Kier alpha value is -1.94. The summed E-state index contributed by atoms with van der Waals surface area (Å²) < 4.78 is 0. The van der Waals surface area contributed by atoms with Gasteiger partial charge in [0.1, 0.15) is 5.15 Å². The Balaban J connectivity index is 2.14. The highest BCUT2D eigenvalue weighted by Gasteiger charge is 2.06. The Morgan fingerprint density at radius 3 is 2.76 bits per heavy atom. The van der Waals surface area contributed by atoms with Gasteiger partial charge in [0.15, 0.2) is 0 Å². The Morgan fingerprint density at radius 1 is 1.29 bits per heavy atom. The van der Waals surface area contributed by atoms with Gasteiger partial charge in [-0.3, -0.25) is 9.78 Å². The van der Waals surface area contributed by atoms with Crippen molar-refractivity contribution in [2.45, 2.75) is 6.92 Å². The van der Waals surface area contributed by atoms with Crippen molar-refractivity contribution < 1.29 is 4.79 Å². The zero-order chi connectivity index (χ0) is 12.3. The second-order valence-corrected chi connectivity index (χ2v) is 3.90. The predicted octanol–water partition coefficient (Wildman–Crippen LogP) is 2.69. The third-order valence-electron chi connectivity index (χ3n) is 2.14. The zero-order valence-electron chi connectivity index (χ0n) is 9.14. The van der Waals surface area contributed by atoms with E-state index in [0.717, 1.165) is 5.69 Å². The van der Waals surface area contributed by atoms with Crippen molar-refractivity contribution in [2.75, 3.05) is 5.32 Å². The van der Waals surface area contributed by atoms with Crippen LogP contribution in [0.3, 0.4) is 0 Å². The number of hydrogen-bond donors (Lipinski definition) is 1. The van der Waals surface area contributed by atoms with Crippen LogP contribution in [0, 0.1) is 6.92 Å². The number of carbonyl (C=O) groups is 1. The number of aromatic nitrogens is 2. The van der Waals surface area contributed by atoms with Gasteiger partial charge < -0.3 is 5.32 Å². The van der Waals surface area contributed by atoms with Gasteiger partial charge in [-0.1, -0.05) is 11.6 Å². The first-order valence-electron chi connectivity index (χ1n) is 5.01. The molecule has 0 bridgehead atoms. The number of rotatable bonds is 2. The normalized spacial score (nSPS) is 10.0. The molecule has 2 aromatic heterocycles. The van der Waals surface area contributed by atoms with E-state index < -0.39 is 0 Å². The van der Waals surface area contributed by atoms with Crippen molar-refractivity contribution in [3.63, 3.8) is 0 Å². The molecule has 2 aromatic rings. The number of nitrogens with one attached hydrogen (secondary N) is 1. The van der Waals surface area contributed by atoms with Crippen LogP contribution in [0.15, 0.2) is 36.7 Å². The lowest BCUT2D eigenvalue weighted by Gasteiger charge is -2.05. The van der Waals surface area contributed by atoms with E-state index >= 15 is 0 Å². The van der Waals surface area contributed by atoms with Crippen molar-refractivity contribution in [3.05, 3.63) is 53.1 Å². The fraction of sp³-hybridized carbons (Fsp3) is 0.0833. The fourth-order valence-electron chi connectivity index (χ4n) is 1.34. The highest BCUT2D eigenvalue weighted by molar-refractivity contribution is 6.29. The van der Waals surface area contributed by atoms with E-state index in [-0.39, 0.29) is 5.91 Å². The van der Waals surface area contributed by atoms with Gasteiger partial charge in [0.2, 0.25) is 0 Å². The van der Waals surface area contributed by atoms with Gasteiger partial charge in [-0.15, -0.1) is 0 Å². The van der Waals surface area contributed by atoms with Crippen LogP contribution in [0.25, 0.3) is 0 Å². The highest BCUT2D eigenvalue weighted by atomic mass is 35.5. The molecule has 0 fully saturated rings. The number of pyridine rings is 2. The highest BCUT2D eigenvalue weighted by Crippen LogP contribution is 2.11. The summed E-state index contributed by atoms with van der Waals surface area (Å²) in [6.45, 7) is 1.83. The molecule has 2 rings (SSSR count). The maximum absolute atomic E-state index is 11.9. The second-order valence-electron chi connectivity index (χ2n) is 3.51. The van der Waals surface area contributed by atoms with Crippen LogP contribution >= 0.6 is 11.6 Å². The molecular weight excluding hydrogens is 238 g/mol. The Kier molecular flexibility index (Phi) is 3.35. The molecule has 0 aliphatic carbocycles. The summed E-state index contributed by atoms with van der Waals surface area (Å²) in [6, 6.07) is 6.70. The first-order valence-corrected chi connectivity index (χ1v) is 5.38. The number of amides is 1. The number of carbonyl (C=O) groups excluding carboxylic acids is 1. The molecule has 0 aliphatic heterocycles. The maximum atomic E-state index is 11.9. The zero-order valence-corrected chi connectivity index (χ0v) is 9.90. The van der Waals surface area contributed by atoms with Gasteiger partial charge in [-0.2, -0.15) is 0 Å². The van der Waals surface area contributed by atoms with E-state index in [1.165, 1.54) is 6.20 Å². The first-order chi connectivity index (χ1) is 8.15. The second kappa shape index (κ2) is 4.93. The molecule has 0 atom stereocenters. The Morgan fingerprint density at radius 2 is 2.12 bits per heavy atom. The molecule has 0 radical (unpaired) electrons. The third kappa shape index (κ3) is 3.01. The molecule has 1 amide bonds. The van der Waals surface area contributed by atoms with Gasteiger partial charge in [0.05, 0.1) is 11.9 Å². The van der Waals surface area contributed by atoms with Gasteiger partial charge in [-0.05, 0) is 31.2 Å². The summed E-state index contributed by atoms with van der Waals surface area (Å²) in [7, 11) is 0. The summed E-state index contributed by atoms with van der Waals surface area (Å²) in [5, 5.41) is 3.12. The lowest BCUT2D eigenvalue weighted by Crippen LogP contribution is -2.12. The van der Waals surface area contributed by atoms with Gasteiger partial charge in [0, 0.05) is 17.5 Å². The average Bonchev–Trinajstić information content (AvgIpc) is 2.32. The minimum Gasteiger partial charge on any atom is -0.321 e. The summed E-state index contributed by atoms with van der Waals surface area (Å²) >= 11 is 5.65. The summed E-state index contributed by atoms with van der Waals surface area (Å²) in [4.78, 5) is 19.8. The lowest BCUT2D eigenvalue weighted by molar-refractivity contribution is 0.102. The summed E-state index contributed by atoms with van der Waals surface area (Å²) in [5.41, 5.74) is 1.97. The topological polar surface area (TPSA) is 54.9 Å². The molecule has 1 N–H and O–H groups in total. The van der Waals surface area contributed by atoms with Crippen LogP contribution in [0.4, 0.5) is 5.69 Å². The van der Waals surface area contributed by atoms with Crippen molar-refractivity contribution in [3.8, 4) is 0 Å². The van der Waals surface area contributed by atoms with Crippen molar-refractivity contribution in [2.24, 2.45) is 0 Å². The van der Waals surface area contributed by atoms with E-state index in [0.29, 0.717) is 16.4 Å². The maximum Gasteiger partial charge on any atom is 0.255 e. The SMILES string of the molecule is Cc1cc(C(=O)Nc2ccc(Cl)nc2)ccn1. The molecule has 17 heavy (non-hydrogen) atoms. The quantitative estimate of drug-likeness (QED) is 0.830. The van der Waals surface area contributed by atoms with Crippen molar-refractivity contribution >= 4 is 23.2 Å². The molecule has 86 valence electrons. The molecule has 5 heteroatoms. The van der Waals surface area contributed by atoms with Gasteiger partial charge >= 0.3 is 0 Å². The van der Waals surface area contributed by atoms with Crippen LogP contribution in [-0.2, 0) is 0 Å². The molecule has 0 spiro atoms. The van der Waals surface area contributed by atoms with Crippen LogP contribution in [0.2, 0.25) is 5.15 Å². The molecule has 2 heterocycles. The van der Waals surface area contributed by atoms with E-state index in [1.54, 1.807) is 30.5 Å². The predicted molar refractivity (Wildman–Crippen MR) is 66.2 cm³/mol. The molecule has 0 aromatic carbocycles. The Labute approximate surface area is 104 Å². The van der Waals surface area contributed by atoms with Crippen LogP contribution in [-0.4, -0.2) is 15.9 Å².